The molecule has 0 saturated carbocycles. The number of hydrogen-bond acceptors (Lipinski definition) is 3. The van der Waals surface area contributed by atoms with Gasteiger partial charge in [-0.25, -0.2) is 0 Å². The minimum atomic E-state index is -0.132. The van der Waals surface area contributed by atoms with Crippen molar-refractivity contribution in [3.8, 4) is 33.4 Å². The topological polar surface area (TPSA) is 29.5 Å². The third-order valence-electron chi connectivity index (χ3n) is 12.5. The zero-order valence-corrected chi connectivity index (χ0v) is 32.2. The molecule has 3 nitrogen and oxygen atoms in total. The second-order valence-corrected chi connectivity index (χ2v) is 16.1. The van der Waals surface area contributed by atoms with Gasteiger partial charge in [-0.3, -0.25) is 0 Å². The molecule has 274 valence electrons. The normalized spacial score (nSPS) is 13.1. The zero-order chi connectivity index (χ0) is 38.5. The smallest absolute Gasteiger partial charge is 0.143 e. The van der Waals surface area contributed by atoms with E-state index in [1.807, 2.05) is 12.1 Å². The van der Waals surface area contributed by atoms with Gasteiger partial charge in [0.25, 0.3) is 0 Å². The molecule has 11 aromatic rings. The Kier molecular flexibility index (Phi) is 6.98. The van der Waals surface area contributed by atoms with Crippen LogP contribution in [0.2, 0.25) is 0 Å². The minimum absolute atomic E-state index is 0.132. The molecule has 0 unspecified atom stereocenters. The van der Waals surface area contributed by atoms with Gasteiger partial charge >= 0.3 is 0 Å². The third-order valence-corrected chi connectivity index (χ3v) is 12.5. The molecule has 12 rings (SSSR count). The summed E-state index contributed by atoms with van der Waals surface area (Å²) in [7, 11) is 0. The number of anilines is 3. The fourth-order valence-corrected chi connectivity index (χ4v) is 9.65. The first-order chi connectivity index (χ1) is 28.5. The summed E-state index contributed by atoms with van der Waals surface area (Å²) in [6.07, 6.45) is 0. The fraction of sp³-hybridized carbons (Fsp3) is 0.0545. The summed E-state index contributed by atoms with van der Waals surface area (Å²) in [6.45, 7) is 4.69. The van der Waals surface area contributed by atoms with Crippen molar-refractivity contribution in [2.75, 3.05) is 4.90 Å². The average molecular weight is 744 g/mol. The van der Waals surface area contributed by atoms with Gasteiger partial charge in [0.05, 0.1) is 0 Å². The highest BCUT2D eigenvalue weighted by atomic mass is 16.3. The Bertz CT molecular complexity index is 3440. The third kappa shape index (κ3) is 4.80. The van der Waals surface area contributed by atoms with Crippen LogP contribution in [0.4, 0.5) is 17.1 Å². The van der Waals surface area contributed by atoms with Gasteiger partial charge in [0.2, 0.25) is 0 Å². The Labute approximate surface area is 336 Å². The molecule has 0 aliphatic heterocycles. The highest BCUT2D eigenvalue weighted by molar-refractivity contribution is 6.19. The monoisotopic (exact) mass is 743 g/mol. The van der Waals surface area contributed by atoms with Crippen LogP contribution in [-0.2, 0) is 5.41 Å². The van der Waals surface area contributed by atoms with E-state index in [0.29, 0.717) is 0 Å². The van der Waals surface area contributed by atoms with Crippen molar-refractivity contribution in [3.05, 3.63) is 199 Å². The maximum Gasteiger partial charge on any atom is 0.143 e. The largest absolute Gasteiger partial charge is 0.455 e. The van der Waals surface area contributed by atoms with Crippen LogP contribution in [0.3, 0.4) is 0 Å². The van der Waals surface area contributed by atoms with E-state index in [1.54, 1.807) is 0 Å². The molecule has 0 atom stereocenters. The maximum absolute atomic E-state index is 6.61. The predicted molar refractivity (Wildman–Crippen MR) is 242 cm³/mol. The molecule has 2 aromatic heterocycles. The number of hydrogen-bond donors (Lipinski definition) is 0. The van der Waals surface area contributed by atoms with Gasteiger partial charge in [-0.1, -0.05) is 147 Å². The predicted octanol–water partition coefficient (Wildman–Crippen LogP) is 15.7. The highest BCUT2D eigenvalue weighted by Gasteiger charge is 2.35. The van der Waals surface area contributed by atoms with Crippen LogP contribution in [0.1, 0.15) is 25.0 Å². The number of para-hydroxylation sites is 2. The molecule has 0 spiro atoms. The summed E-state index contributed by atoms with van der Waals surface area (Å²) in [6, 6.07) is 67.7. The molecule has 3 heteroatoms. The van der Waals surface area contributed by atoms with Gasteiger partial charge in [-0.15, -0.1) is 0 Å². The van der Waals surface area contributed by atoms with Crippen molar-refractivity contribution >= 4 is 71.7 Å². The molecule has 0 N–H and O–H groups in total. The molecule has 1 aliphatic carbocycles. The molecule has 0 bridgehead atoms. The first-order valence-electron chi connectivity index (χ1n) is 20.0. The van der Waals surface area contributed by atoms with Crippen LogP contribution in [0.15, 0.2) is 197 Å². The summed E-state index contributed by atoms with van der Waals surface area (Å²) in [4.78, 5) is 2.40. The van der Waals surface area contributed by atoms with Crippen LogP contribution in [0.25, 0.3) is 88.0 Å². The van der Waals surface area contributed by atoms with E-state index in [9.17, 15) is 0 Å². The number of nitrogens with zero attached hydrogens (tertiary/aromatic N) is 1. The van der Waals surface area contributed by atoms with Crippen LogP contribution < -0.4 is 4.90 Å². The van der Waals surface area contributed by atoms with Crippen LogP contribution >= 0.6 is 0 Å². The first kappa shape index (κ1) is 32.8. The SMILES string of the molecule is CC1(C)c2ccccc2-c2ccc(N(c3ccc(-c4cccc5c4oc4ccccc45)cc3)c3cccc(-c4cccc5oc6c7ccccc7ccc6c45)c3)cc21. The molecule has 0 amide bonds. The summed E-state index contributed by atoms with van der Waals surface area (Å²) in [5, 5.41) is 6.83. The van der Waals surface area contributed by atoms with E-state index in [2.05, 4.69) is 195 Å². The number of rotatable bonds is 5. The molecule has 58 heavy (non-hydrogen) atoms. The molecule has 0 saturated heterocycles. The lowest BCUT2D eigenvalue weighted by Crippen LogP contribution is -2.16. The summed E-state index contributed by atoms with van der Waals surface area (Å²) in [5.74, 6) is 0. The van der Waals surface area contributed by atoms with E-state index in [-0.39, 0.29) is 5.41 Å². The Morgan fingerprint density at radius 3 is 1.95 bits per heavy atom. The molecular formula is C55H37NO2. The lowest BCUT2D eigenvalue weighted by molar-refractivity contribution is 0.660. The quantitative estimate of drug-likeness (QED) is 0.176. The van der Waals surface area contributed by atoms with Crippen molar-refractivity contribution < 1.29 is 8.83 Å². The lowest BCUT2D eigenvalue weighted by Gasteiger charge is -2.28. The van der Waals surface area contributed by atoms with Gasteiger partial charge in [0.1, 0.15) is 22.3 Å². The first-order valence-corrected chi connectivity index (χ1v) is 20.0. The van der Waals surface area contributed by atoms with Crippen molar-refractivity contribution in [3.63, 3.8) is 0 Å². The molecule has 9 aromatic carbocycles. The van der Waals surface area contributed by atoms with Crippen LogP contribution in [-0.4, -0.2) is 0 Å². The van der Waals surface area contributed by atoms with Crippen molar-refractivity contribution in [1.82, 2.24) is 0 Å². The molecule has 0 fully saturated rings. The molecule has 1 aliphatic rings. The minimum Gasteiger partial charge on any atom is -0.455 e. The second-order valence-electron chi connectivity index (χ2n) is 16.1. The Morgan fingerprint density at radius 1 is 0.379 bits per heavy atom. The molecule has 2 heterocycles. The van der Waals surface area contributed by atoms with E-state index in [4.69, 9.17) is 8.83 Å². The van der Waals surface area contributed by atoms with Gasteiger partial charge in [0.15, 0.2) is 0 Å². The van der Waals surface area contributed by atoms with E-state index < -0.39 is 0 Å². The van der Waals surface area contributed by atoms with Gasteiger partial charge < -0.3 is 13.7 Å². The molecular weight excluding hydrogens is 707 g/mol. The fourth-order valence-electron chi connectivity index (χ4n) is 9.65. The highest BCUT2D eigenvalue weighted by Crippen LogP contribution is 2.51. The summed E-state index contributed by atoms with van der Waals surface area (Å²) >= 11 is 0. The van der Waals surface area contributed by atoms with Crippen molar-refractivity contribution in [2.45, 2.75) is 19.3 Å². The lowest BCUT2D eigenvalue weighted by atomic mass is 9.82. The van der Waals surface area contributed by atoms with Crippen molar-refractivity contribution in [2.24, 2.45) is 0 Å². The number of furan rings is 2. The average Bonchev–Trinajstić information content (AvgIpc) is 3.92. The number of benzene rings is 9. The van der Waals surface area contributed by atoms with Crippen LogP contribution in [0.5, 0.6) is 0 Å². The van der Waals surface area contributed by atoms with Crippen molar-refractivity contribution in [1.29, 1.82) is 0 Å². The number of fused-ring (bicyclic) bond motifs is 11. The summed E-state index contributed by atoms with van der Waals surface area (Å²) < 4.78 is 13.1. The van der Waals surface area contributed by atoms with E-state index >= 15 is 0 Å². The van der Waals surface area contributed by atoms with Gasteiger partial charge in [-0.2, -0.15) is 0 Å². The summed E-state index contributed by atoms with van der Waals surface area (Å²) in [5.41, 5.74) is 16.6. The zero-order valence-electron chi connectivity index (χ0n) is 32.2. The van der Waals surface area contributed by atoms with E-state index in [1.165, 1.54) is 27.6 Å². The Balaban J connectivity index is 1.02. The van der Waals surface area contributed by atoms with Gasteiger partial charge in [0, 0.05) is 55.0 Å². The maximum atomic E-state index is 6.61. The molecule has 0 radical (unpaired) electrons. The Hall–Kier alpha value is -7.36. The second kappa shape index (κ2) is 12.3. The standard InChI is InChI=1S/C55H37NO2/c1-55(2)48-21-7-5-16-43(48)44-31-29-39(33-49(44)55)56(37-27-24-35(25-28-37)42-19-10-20-46-45-17-6-8-22-50(45)57-53(42)46)38-14-9-13-36(32-38)40-18-11-23-51-52(40)47-30-26-34-12-3-4-15-41(34)54(47)58-51/h3-33H,1-2H3. The Morgan fingerprint density at radius 2 is 1.03 bits per heavy atom. The van der Waals surface area contributed by atoms with E-state index in [0.717, 1.165) is 88.6 Å². The van der Waals surface area contributed by atoms with Crippen LogP contribution in [0, 0.1) is 0 Å². The van der Waals surface area contributed by atoms with Gasteiger partial charge in [-0.05, 0) is 98.9 Å².